The predicted octanol–water partition coefficient (Wildman–Crippen LogP) is 8.31. The van der Waals surface area contributed by atoms with Crippen LogP contribution in [0.5, 0.6) is 0 Å². The highest BCUT2D eigenvalue weighted by molar-refractivity contribution is 5.80. The van der Waals surface area contributed by atoms with E-state index < -0.39 is 0 Å². The Kier molecular flexibility index (Phi) is 4.69. The molecule has 0 amide bonds. The van der Waals surface area contributed by atoms with Crippen molar-refractivity contribution in [1.82, 2.24) is 0 Å². The summed E-state index contributed by atoms with van der Waals surface area (Å²) in [7, 11) is 0. The fourth-order valence-corrected chi connectivity index (χ4v) is 5.01. The van der Waals surface area contributed by atoms with E-state index >= 15 is 0 Å². The highest BCUT2D eigenvalue weighted by Gasteiger charge is 2.34. The second-order valence-corrected chi connectivity index (χ2v) is 11.3. The summed E-state index contributed by atoms with van der Waals surface area (Å²) in [5.41, 5.74) is 12.2. The van der Waals surface area contributed by atoms with Gasteiger partial charge in [-0.25, -0.2) is 0 Å². The summed E-state index contributed by atoms with van der Waals surface area (Å²) >= 11 is 0. The van der Waals surface area contributed by atoms with Crippen LogP contribution < -0.4 is 0 Å². The molecule has 0 atom stereocenters. The number of benzene rings is 2. The van der Waals surface area contributed by atoms with Gasteiger partial charge in [0.25, 0.3) is 0 Å². The molecular weight excluding hydrogens is 348 g/mol. The fraction of sp³-hybridized carbons (Fsp3) is 0.448. The van der Waals surface area contributed by atoms with Crippen molar-refractivity contribution in [2.75, 3.05) is 0 Å². The first-order valence-corrected chi connectivity index (χ1v) is 11.1. The zero-order valence-electron chi connectivity index (χ0n) is 19.5. The van der Waals surface area contributed by atoms with Crippen LogP contribution >= 0.6 is 0 Å². The molecule has 0 nitrogen and oxygen atoms in total. The standard InChI is InChI=1S/C29H36/c1-18-9-10-19(2)24(18)17-27-25-15-20(28(3,4)5)11-13-22(25)23-14-12-21(16-26(23)27)29(6,7)8/h9-16,24,27H,17H2,1-8H3. The maximum atomic E-state index is 2.50. The van der Waals surface area contributed by atoms with Crippen LogP contribution in [0, 0.1) is 5.92 Å². The summed E-state index contributed by atoms with van der Waals surface area (Å²) < 4.78 is 0. The molecule has 0 heterocycles. The van der Waals surface area contributed by atoms with E-state index in [-0.39, 0.29) is 10.8 Å². The fourth-order valence-electron chi connectivity index (χ4n) is 5.01. The van der Waals surface area contributed by atoms with E-state index in [2.05, 4.69) is 104 Å². The Hall–Kier alpha value is -2.08. The third kappa shape index (κ3) is 3.52. The van der Waals surface area contributed by atoms with E-state index in [0.29, 0.717) is 11.8 Å². The average molecular weight is 385 g/mol. The molecule has 29 heavy (non-hydrogen) atoms. The number of hydrogen-bond acceptors (Lipinski definition) is 0. The number of fused-ring (bicyclic) bond motifs is 3. The van der Waals surface area contributed by atoms with Crippen molar-refractivity contribution in [1.29, 1.82) is 0 Å². The summed E-state index contributed by atoms with van der Waals surface area (Å²) in [5.74, 6) is 1.04. The second kappa shape index (κ2) is 6.73. The molecule has 0 N–H and O–H groups in total. The van der Waals surface area contributed by atoms with Crippen LogP contribution in [0.15, 0.2) is 59.7 Å². The predicted molar refractivity (Wildman–Crippen MR) is 127 cm³/mol. The van der Waals surface area contributed by atoms with Gasteiger partial charge < -0.3 is 0 Å². The highest BCUT2D eigenvalue weighted by atomic mass is 14.4. The summed E-state index contributed by atoms with van der Waals surface area (Å²) in [6.45, 7) is 18.5. The van der Waals surface area contributed by atoms with E-state index in [1.54, 1.807) is 0 Å². The van der Waals surface area contributed by atoms with Gasteiger partial charge in [0.1, 0.15) is 0 Å². The van der Waals surface area contributed by atoms with E-state index in [0.717, 1.165) is 0 Å². The molecule has 0 bridgehead atoms. The van der Waals surface area contributed by atoms with Crippen LogP contribution in [0.2, 0.25) is 0 Å². The summed E-state index contributed by atoms with van der Waals surface area (Å²) in [6.07, 6.45) is 5.80. The first kappa shape index (κ1) is 20.2. The van der Waals surface area contributed by atoms with Crippen LogP contribution in [0.4, 0.5) is 0 Å². The van der Waals surface area contributed by atoms with Crippen LogP contribution in [-0.4, -0.2) is 0 Å². The van der Waals surface area contributed by atoms with Crippen molar-refractivity contribution in [2.45, 2.75) is 78.6 Å². The number of rotatable bonds is 2. The van der Waals surface area contributed by atoms with Crippen LogP contribution in [0.25, 0.3) is 11.1 Å². The average Bonchev–Trinajstić information content (AvgIpc) is 3.11. The monoisotopic (exact) mass is 384 g/mol. The maximum absolute atomic E-state index is 2.50. The van der Waals surface area contributed by atoms with Gasteiger partial charge in [-0.05, 0) is 64.5 Å². The Morgan fingerprint density at radius 3 is 1.41 bits per heavy atom. The van der Waals surface area contributed by atoms with Crippen molar-refractivity contribution >= 4 is 0 Å². The Bertz CT molecular complexity index is 933. The van der Waals surface area contributed by atoms with Gasteiger partial charge in [-0.15, -0.1) is 0 Å². The third-order valence-electron chi connectivity index (χ3n) is 7.06. The topological polar surface area (TPSA) is 0 Å². The zero-order valence-corrected chi connectivity index (χ0v) is 19.5. The largest absolute Gasteiger partial charge is 0.0661 e. The lowest BCUT2D eigenvalue weighted by atomic mass is 9.79. The zero-order chi connectivity index (χ0) is 21.1. The molecular formula is C29H36. The molecule has 4 rings (SSSR count). The lowest BCUT2D eigenvalue weighted by Crippen LogP contribution is -2.14. The minimum atomic E-state index is 0.171. The summed E-state index contributed by atoms with van der Waals surface area (Å²) in [5, 5.41) is 0. The van der Waals surface area contributed by atoms with E-state index in [1.165, 1.54) is 50.9 Å². The van der Waals surface area contributed by atoms with E-state index in [1.807, 2.05) is 0 Å². The van der Waals surface area contributed by atoms with E-state index in [9.17, 15) is 0 Å². The minimum absolute atomic E-state index is 0.171. The van der Waals surface area contributed by atoms with Crippen LogP contribution in [0.1, 0.15) is 90.0 Å². The molecule has 0 radical (unpaired) electrons. The van der Waals surface area contributed by atoms with Gasteiger partial charge in [0.05, 0.1) is 0 Å². The molecule has 2 aliphatic carbocycles. The molecule has 2 aromatic carbocycles. The molecule has 0 aromatic heterocycles. The minimum Gasteiger partial charge on any atom is -0.0661 e. The van der Waals surface area contributed by atoms with Crippen LogP contribution in [0.3, 0.4) is 0 Å². The molecule has 2 aliphatic rings. The highest BCUT2D eigenvalue weighted by Crippen LogP contribution is 2.51. The van der Waals surface area contributed by atoms with Crippen molar-refractivity contribution in [3.8, 4) is 11.1 Å². The summed E-state index contributed by atoms with van der Waals surface area (Å²) in [4.78, 5) is 0. The Morgan fingerprint density at radius 2 is 1.03 bits per heavy atom. The quantitative estimate of drug-likeness (QED) is 0.488. The lowest BCUT2D eigenvalue weighted by molar-refractivity contribution is 0.576. The molecule has 0 spiro atoms. The first-order valence-electron chi connectivity index (χ1n) is 11.1. The van der Waals surface area contributed by atoms with Gasteiger partial charge in [0.2, 0.25) is 0 Å². The van der Waals surface area contributed by atoms with Gasteiger partial charge in [-0.1, -0.05) is 101 Å². The molecule has 0 heteroatoms. The Morgan fingerprint density at radius 1 is 0.621 bits per heavy atom. The van der Waals surface area contributed by atoms with Gasteiger partial charge in [-0.2, -0.15) is 0 Å². The number of hydrogen-bond donors (Lipinski definition) is 0. The molecule has 2 aromatic rings. The Balaban J connectivity index is 1.86. The normalized spacial score (nSPS) is 17.2. The molecule has 0 fully saturated rings. The lowest BCUT2D eigenvalue weighted by Gasteiger charge is -2.25. The van der Waals surface area contributed by atoms with Gasteiger partial charge in [0.15, 0.2) is 0 Å². The van der Waals surface area contributed by atoms with E-state index in [4.69, 9.17) is 0 Å². The number of allylic oxidation sites excluding steroid dienone is 4. The first-order chi connectivity index (χ1) is 13.5. The molecule has 0 aliphatic heterocycles. The molecule has 0 saturated heterocycles. The maximum Gasteiger partial charge on any atom is 0.0111 e. The Labute approximate surface area is 177 Å². The summed E-state index contributed by atoms with van der Waals surface area (Å²) in [6, 6.07) is 14.5. The van der Waals surface area contributed by atoms with Gasteiger partial charge in [-0.3, -0.25) is 0 Å². The van der Waals surface area contributed by atoms with Crippen molar-refractivity contribution in [2.24, 2.45) is 5.92 Å². The van der Waals surface area contributed by atoms with Crippen molar-refractivity contribution in [3.05, 3.63) is 82.0 Å². The molecule has 0 unspecified atom stereocenters. The van der Waals surface area contributed by atoms with Crippen molar-refractivity contribution < 1.29 is 0 Å². The van der Waals surface area contributed by atoms with Crippen molar-refractivity contribution in [3.63, 3.8) is 0 Å². The molecule has 0 saturated carbocycles. The second-order valence-electron chi connectivity index (χ2n) is 11.3. The van der Waals surface area contributed by atoms with Crippen LogP contribution in [-0.2, 0) is 10.8 Å². The third-order valence-corrected chi connectivity index (χ3v) is 7.06. The van der Waals surface area contributed by atoms with Gasteiger partial charge >= 0.3 is 0 Å². The smallest absolute Gasteiger partial charge is 0.0111 e. The van der Waals surface area contributed by atoms with Gasteiger partial charge in [0, 0.05) is 11.8 Å². The molecule has 152 valence electrons. The SMILES string of the molecule is CC1=CC=C(C)C1CC1c2cc(C(C)(C)C)ccc2-c2ccc(C(C)(C)C)cc21.